The van der Waals surface area contributed by atoms with Gasteiger partial charge in [-0.1, -0.05) is 35.3 Å². The summed E-state index contributed by atoms with van der Waals surface area (Å²) in [6.07, 6.45) is 0. The highest BCUT2D eigenvalue weighted by atomic mass is 35.5. The third-order valence-electron chi connectivity index (χ3n) is 2.38. The summed E-state index contributed by atoms with van der Waals surface area (Å²) in [7, 11) is 0. The highest BCUT2D eigenvalue weighted by Gasteiger charge is 2.10. The number of rotatable bonds is 2. The Kier molecular flexibility index (Phi) is 3.52. The van der Waals surface area contributed by atoms with Crippen LogP contribution in [-0.2, 0) is 6.61 Å². The topological polar surface area (TPSA) is 53.1 Å². The summed E-state index contributed by atoms with van der Waals surface area (Å²) in [5, 5.41) is 9.65. The van der Waals surface area contributed by atoms with Crippen LogP contribution in [0, 0.1) is 0 Å². The summed E-state index contributed by atoms with van der Waals surface area (Å²) >= 11 is 11.9. The highest BCUT2D eigenvalue weighted by molar-refractivity contribution is 6.43. The Morgan fingerprint density at radius 3 is 2.53 bits per heavy atom. The minimum atomic E-state index is -0.305. The average molecular weight is 270 g/mol. The van der Waals surface area contributed by atoms with Crippen LogP contribution in [0.4, 0.5) is 0 Å². The molecule has 2 aromatic rings. The standard InChI is InChI=1S/C12H9Cl2NO2/c13-10-3-1-2-8(11(10)14)9-5-4-7(6-16)15-12(9)17/h1-5,16H,6H2,(H,15,17). The van der Waals surface area contributed by atoms with Crippen LogP contribution >= 0.6 is 23.2 Å². The predicted molar refractivity (Wildman–Crippen MR) is 68.4 cm³/mol. The quantitative estimate of drug-likeness (QED) is 0.881. The maximum absolute atomic E-state index is 11.8. The molecule has 0 aliphatic carbocycles. The van der Waals surface area contributed by atoms with Crippen molar-refractivity contribution >= 4 is 23.2 Å². The van der Waals surface area contributed by atoms with E-state index in [1.807, 2.05) is 0 Å². The van der Waals surface area contributed by atoms with Crippen LogP contribution in [0.2, 0.25) is 10.0 Å². The molecule has 1 aromatic heterocycles. The van der Waals surface area contributed by atoms with Crippen LogP contribution in [0.5, 0.6) is 0 Å². The number of hydrogen-bond donors (Lipinski definition) is 2. The third kappa shape index (κ3) is 2.36. The zero-order valence-electron chi connectivity index (χ0n) is 8.71. The maximum atomic E-state index is 11.8. The van der Waals surface area contributed by atoms with Gasteiger partial charge >= 0.3 is 0 Å². The minimum Gasteiger partial charge on any atom is -0.390 e. The zero-order chi connectivity index (χ0) is 12.4. The van der Waals surface area contributed by atoms with Crippen molar-refractivity contribution in [2.24, 2.45) is 0 Å². The van der Waals surface area contributed by atoms with Gasteiger partial charge < -0.3 is 10.1 Å². The third-order valence-corrected chi connectivity index (χ3v) is 3.20. The van der Waals surface area contributed by atoms with E-state index in [-0.39, 0.29) is 12.2 Å². The molecule has 1 aromatic carbocycles. The first kappa shape index (κ1) is 12.2. The molecule has 88 valence electrons. The lowest BCUT2D eigenvalue weighted by molar-refractivity contribution is 0.276. The van der Waals surface area contributed by atoms with Crippen LogP contribution in [0.25, 0.3) is 11.1 Å². The van der Waals surface area contributed by atoms with Crippen LogP contribution in [0.3, 0.4) is 0 Å². The fraction of sp³-hybridized carbons (Fsp3) is 0.0833. The van der Waals surface area contributed by atoms with E-state index in [0.717, 1.165) is 0 Å². The van der Waals surface area contributed by atoms with Gasteiger partial charge in [-0.25, -0.2) is 0 Å². The van der Waals surface area contributed by atoms with E-state index in [9.17, 15) is 4.79 Å². The molecule has 0 radical (unpaired) electrons. The second-order valence-corrected chi connectivity index (χ2v) is 4.27. The number of aliphatic hydroxyl groups is 1. The van der Waals surface area contributed by atoms with Gasteiger partial charge in [0.05, 0.1) is 16.7 Å². The van der Waals surface area contributed by atoms with Crippen molar-refractivity contribution in [3.8, 4) is 11.1 Å². The number of aromatic nitrogens is 1. The van der Waals surface area contributed by atoms with Crippen molar-refractivity contribution < 1.29 is 5.11 Å². The Labute approximate surface area is 108 Å². The lowest BCUT2D eigenvalue weighted by Gasteiger charge is -2.05. The van der Waals surface area contributed by atoms with Gasteiger partial charge in [0.1, 0.15) is 0 Å². The van der Waals surface area contributed by atoms with E-state index in [2.05, 4.69) is 4.98 Å². The number of aliphatic hydroxyl groups excluding tert-OH is 1. The molecule has 0 bridgehead atoms. The van der Waals surface area contributed by atoms with E-state index in [4.69, 9.17) is 28.3 Å². The lowest BCUT2D eigenvalue weighted by Crippen LogP contribution is -2.11. The average Bonchev–Trinajstić information content (AvgIpc) is 2.33. The summed E-state index contributed by atoms with van der Waals surface area (Å²) in [6, 6.07) is 8.35. The molecule has 2 rings (SSSR count). The van der Waals surface area contributed by atoms with Crippen molar-refractivity contribution in [3.05, 3.63) is 56.4 Å². The normalized spacial score (nSPS) is 10.5. The van der Waals surface area contributed by atoms with E-state index in [1.54, 1.807) is 30.3 Å². The van der Waals surface area contributed by atoms with Crippen LogP contribution in [-0.4, -0.2) is 10.1 Å². The number of nitrogens with one attached hydrogen (secondary N) is 1. The molecule has 0 saturated carbocycles. The number of hydrogen-bond acceptors (Lipinski definition) is 2. The van der Waals surface area contributed by atoms with Crippen molar-refractivity contribution in [1.29, 1.82) is 0 Å². The fourth-order valence-corrected chi connectivity index (χ4v) is 1.93. The van der Waals surface area contributed by atoms with Crippen molar-refractivity contribution in [3.63, 3.8) is 0 Å². The first-order chi connectivity index (χ1) is 8.13. The molecule has 1 heterocycles. The molecule has 0 fully saturated rings. The predicted octanol–water partition coefficient (Wildman–Crippen LogP) is 2.84. The van der Waals surface area contributed by atoms with E-state index >= 15 is 0 Å². The van der Waals surface area contributed by atoms with Crippen molar-refractivity contribution in [2.45, 2.75) is 6.61 Å². The molecular weight excluding hydrogens is 261 g/mol. The van der Waals surface area contributed by atoms with Crippen LogP contribution in [0.15, 0.2) is 35.1 Å². The van der Waals surface area contributed by atoms with Gasteiger partial charge in [0.15, 0.2) is 0 Å². The molecular formula is C12H9Cl2NO2. The largest absolute Gasteiger partial charge is 0.390 e. The minimum absolute atomic E-state index is 0.210. The molecule has 2 N–H and O–H groups in total. The Hall–Kier alpha value is -1.29. The number of pyridine rings is 1. The van der Waals surface area contributed by atoms with Crippen LogP contribution < -0.4 is 5.56 Å². The lowest BCUT2D eigenvalue weighted by atomic mass is 10.1. The smallest absolute Gasteiger partial charge is 0.256 e. The zero-order valence-corrected chi connectivity index (χ0v) is 10.2. The molecule has 0 aliphatic heterocycles. The Balaban J connectivity index is 2.61. The van der Waals surface area contributed by atoms with Gasteiger partial charge in [-0.15, -0.1) is 0 Å². The van der Waals surface area contributed by atoms with E-state index < -0.39 is 0 Å². The summed E-state index contributed by atoms with van der Waals surface area (Å²) < 4.78 is 0. The fourth-order valence-electron chi connectivity index (χ4n) is 1.53. The van der Waals surface area contributed by atoms with Crippen molar-refractivity contribution in [2.75, 3.05) is 0 Å². The SMILES string of the molecule is O=c1[nH]c(CO)ccc1-c1cccc(Cl)c1Cl. The number of halogens is 2. The maximum Gasteiger partial charge on any atom is 0.256 e. The van der Waals surface area contributed by atoms with Gasteiger partial charge in [-0.05, 0) is 18.2 Å². The Bertz CT molecular complexity index is 608. The Morgan fingerprint density at radius 1 is 1.12 bits per heavy atom. The summed E-state index contributed by atoms with van der Waals surface area (Å²) in [5.41, 5.74) is 1.15. The molecule has 17 heavy (non-hydrogen) atoms. The van der Waals surface area contributed by atoms with E-state index in [1.165, 1.54) is 0 Å². The molecule has 0 unspecified atom stereocenters. The molecule has 0 atom stereocenters. The first-order valence-corrected chi connectivity index (χ1v) is 5.66. The molecule has 0 saturated heterocycles. The van der Waals surface area contributed by atoms with Gasteiger partial charge in [0.2, 0.25) is 0 Å². The monoisotopic (exact) mass is 269 g/mol. The number of aromatic amines is 1. The number of H-pyrrole nitrogens is 1. The second kappa shape index (κ2) is 4.92. The summed E-state index contributed by atoms with van der Waals surface area (Å²) in [5.74, 6) is 0. The molecule has 0 amide bonds. The molecule has 0 spiro atoms. The van der Waals surface area contributed by atoms with Gasteiger partial charge in [0, 0.05) is 16.8 Å². The second-order valence-electron chi connectivity index (χ2n) is 3.49. The Morgan fingerprint density at radius 2 is 1.88 bits per heavy atom. The molecule has 3 nitrogen and oxygen atoms in total. The highest BCUT2D eigenvalue weighted by Crippen LogP contribution is 2.31. The van der Waals surface area contributed by atoms with Crippen LogP contribution in [0.1, 0.15) is 5.69 Å². The first-order valence-electron chi connectivity index (χ1n) is 4.91. The molecule has 5 heteroatoms. The molecule has 0 aliphatic rings. The number of benzene rings is 1. The van der Waals surface area contributed by atoms with Gasteiger partial charge in [0.25, 0.3) is 5.56 Å². The van der Waals surface area contributed by atoms with Crippen molar-refractivity contribution in [1.82, 2.24) is 4.98 Å². The van der Waals surface area contributed by atoms with Gasteiger partial charge in [-0.3, -0.25) is 4.79 Å². The van der Waals surface area contributed by atoms with E-state index in [0.29, 0.717) is 26.9 Å². The summed E-state index contributed by atoms with van der Waals surface area (Å²) in [4.78, 5) is 14.4. The van der Waals surface area contributed by atoms with Gasteiger partial charge in [-0.2, -0.15) is 0 Å². The summed E-state index contributed by atoms with van der Waals surface area (Å²) in [6.45, 7) is -0.210.